The fraction of sp³-hybridized carbons (Fsp3) is 0.250. The third-order valence-corrected chi connectivity index (χ3v) is 2.71. The van der Waals surface area contributed by atoms with Crippen molar-refractivity contribution in [3.63, 3.8) is 0 Å². The van der Waals surface area contributed by atoms with Crippen LogP contribution in [0, 0.1) is 6.92 Å². The van der Waals surface area contributed by atoms with Gasteiger partial charge in [0.2, 0.25) is 5.91 Å². The van der Waals surface area contributed by atoms with Crippen LogP contribution in [-0.4, -0.2) is 32.1 Å². The molecular formula is C12H12N5O3-. The zero-order valence-corrected chi connectivity index (χ0v) is 10.7. The van der Waals surface area contributed by atoms with Gasteiger partial charge in [0, 0.05) is 12.1 Å². The average molecular weight is 274 g/mol. The second kappa shape index (κ2) is 5.91. The summed E-state index contributed by atoms with van der Waals surface area (Å²) in [5, 5.41) is 24.0. The van der Waals surface area contributed by atoms with Crippen molar-refractivity contribution in [2.75, 3.05) is 5.32 Å². The zero-order chi connectivity index (χ0) is 14.5. The summed E-state index contributed by atoms with van der Waals surface area (Å²) in [4.78, 5) is 22.6. The first kappa shape index (κ1) is 13.7. The van der Waals surface area contributed by atoms with E-state index in [-0.39, 0.29) is 17.9 Å². The van der Waals surface area contributed by atoms with Gasteiger partial charge < -0.3 is 15.2 Å². The number of nitrogens with zero attached hydrogens (tertiary/aromatic N) is 4. The molecule has 0 aliphatic rings. The van der Waals surface area contributed by atoms with E-state index in [1.165, 1.54) is 23.1 Å². The van der Waals surface area contributed by atoms with Crippen LogP contribution in [0.4, 0.5) is 5.69 Å². The Balaban J connectivity index is 2.00. The molecule has 1 amide bonds. The Morgan fingerprint density at radius 1 is 1.40 bits per heavy atom. The number of anilines is 1. The second-order valence-corrected chi connectivity index (χ2v) is 4.19. The van der Waals surface area contributed by atoms with Crippen LogP contribution in [0.2, 0.25) is 0 Å². The highest BCUT2D eigenvalue weighted by Crippen LogP contribution is 2.16. The summed E-state index contributed by atoms with van der Waals surface area (Å²) in [5.74, 6) is -1.53. The van der Waals surface area contributed by atoms with Crippen molar-refractivity contribution >= 4 is 17.6 Å². The molecule has 1 N–H and O–H groups in total. The number of hydrogen-bond acceptors (Lipinski definition) is 6. The van der Waals surface area contributed by atoms with Gasteiger partial charge in [-0.05, 0) is 34.5 Å². The van der Waals surface area contributed by atoms with Crippen molar-refractivity contribution in [3.05, 3.63) is 35.7 Å². The Morgan fingerprint density at radius 2 is 2.20 bits per heavy atom. The van der Waals surface area contributed by atoms with Crippen LogP contribution in [0.5, 0.6) is 0 Å². The van der Waals surface area contributed by atoms with E-state index in [0.29, 0.717) is 12.2 Å². The Kier molecular flexibility index (Phi) is 4.04. The number of benzene rings is 1. The van der Waals surface area contributed by atoms with Gasteiger partial charge in [0.25, 0.3) is 0 Å². The highest BCUT2D eigenvalue weighted by atomic mass is 16.4. The van der Waals surface area contributed by atoms with Gasteiger partial charge in [0.1, 0.15) is 6.33 Å². The number of carbonyl (C=O) groups is 2. The molecule has 8 heteroatoms. The maximum atomic E-state index is 11.8. The van der Waals surface area contributed by atoms with E-state index in [1.807, 2.05) is 0 Å². The summed E-state index contributed by atoms with van der Waals surface area (Å²) in [5.41, 5.74) is 1.24. The van der Waals surface area contributed by atoms with Gasteiger partial charge in [0.15, 0.2) is 0 Å². The van der Waals surface area contributed by atoms with Crippen LogP contribution < -0.4 is 10.4 Å². The molecule has 0 aliphatic carbocycles. The van der Waals surface area contributed by atoms with Crippen LogP contribution in [0.25, 0.3) is 0 Å². The molecule has 20 heavy (non-hydrogen) atoms. The number of aromatic nitrogens is 4. The minimum absolute atomic E-state index is 0.0198. The van der Waals surface area contributed by atoms with E-state index >= 15 is 0 Å². The van der Waals surface area contributed by atoms with Crippen LogP contribution in [0.15, 0.2) is 24.5 Å². The lowest BCUT2D eigenvalue weighted by molar-refractivity contribution is -0.255. The van der Waals surface area contributed by atoms with E-state index < -0.39 is 5.97 Å². The van der Waals surface area contributed by atoms with Crippen LogP contribution in [0.3, 0.4) is 0 Å². The molecule has 0 fully saturated rings. The Morgan fingerprint density at radius 3 is 2.85 bits per heavy atom. The number of aromatic carboxylic acids is 1. The van der Waals surface area contributed by atoms with Gasteiger partial charge in [-0.3, -0.25) is 4.79 Å². The van der Waals surface area contributed by atoms with Crippen molar-refractivity contribution in [1.29, 1.82) is 0 Å². The zero-order valence-electron chi connectivity index (χ0n) is 10.7. The lowest BCUT2D eigenvalue weighted by Gasteiger charge is -2.11. The summed E-state index contributed by atoms with van der Waals surface area (Å²) >= 11 is 0. The fourth-order valence-corrected chi connectivity index (χ4v) is 1.60. The monoisotopic (exact) mass is 274 g/mol. The predicted molar refractivity (Wildman–Crippen MR) is 66.6 cm³/mol. The quantitative estimate of drug-likeness (QED) is 0.777. The molecule has 0 radical (unpaired) electrons. The summed E-state index contributed by atoms with van der Waals surface area (Å²) < 4.78 is 1.43. The number of carboxylic acids is 1. The van der Waals surface area contributed by atoms with E-state index in [2.05, 4.69) is 20.8 Å². The minimum atomic E-state index is -1.28. The number of hydrogen-bond donors (Lipinski definition) is 1. The molecule has 1 aromatic carbocycles. The molecule has 2 rings (SSSR count). The Labute approximate surface area is 114 Å². The first-order valence-electron chi connectivity index (χ1n) is 5.89. The fourth-order valence-electron chi connectivity index (χ4n) is 1.60. The van der Waals surface area contributed by atoms with Crippen LogP contribution in [0.1, 0.15) is 22.3 Å². The molecule has 0 aliphatic heterocycles. The molecule has 1 heterocycles. The molecule has 0 saturated carbocycles. The lowest BCUT2D eigenvalue weighted by atomic mass is 10.1. The van der Waals surface area contributed by atoms with Gasteiger partial charge in [0.05, 0.1) is 12.5 Å². The SMILES string of the molecule is Cc1ccc(C(=O)[O-])cc1NC(=O)CCn1cnnn1. The number of carbonyl (C=O) groups excluding carboxylic acids is 2. The normalized spacial score (nSPS) is 10.2. The molecule has 0 bridgehead atoms. The van der Waals surface area contributed by atoms with Crippen LogP contribution >= 0.6 is 0 Å². The van der Waals surface area contributed by atoms with Crippen molar-refractivity contribution in [1.82, 2.24) is 20.2 Å². The van der Waals surface area contributed by atoms with Gasteiger partial charge in [-0.15, -0.1) is 5.10 Å². The Bertz CT molecular complexity index is 624. The number of carboxylic acid groups (broad SMARTS) is 1. The summed E-state index contributed by atoms with van der Waals surface area (Å²) in [7, 11) is 0. The third-order valence-electron chi connectivity index (χ3n) is 2.71. The molecule has 0 unspecified atom stereocenters. The lowest BCUT2D eigenvalue weighted by Crippen LogP contribution is -2.23. The maximum Gasteiger partial charge on any atom is 0.226 e. The molecular weight excluding hydrogens is 262 g/mol. The van der Waals surface area contributed by atoms with Gasteiger partial charge in [-0.25, -0.2) is 4.68 Å². The topological polar surface area (TPSA) is 113 Å². The average Bonchev–Trinajstić information content (AvgIpc) is 2.92. The first-order valence-corrected chi connectivity index (χ1v) is 5.89. The highest BCUT2D eigenvalue weighted by Gasteiger charge is 2.07. The first-order chi connectivity index (χ1) is 9.56. The van der Waals surface area contributed by atoms with Crippen LogP contribution in [-0.2, 0) is 11.3 Å². The molecule has 8 nitrogen and oxygen atoms in total. The molecule has 0 atom stereocenters. The van der Waals surface area contributed by atoms with E-state index in [4.69, 9.17) is 0 Å². The summed E-state index contributed by atoms with van der Waals surface area (Å²) in [6.07, 6.45) is 1.59. The van der Waals surface area contributed by atoms with E-state index in [9.17, 15) is 14.7 Å². The molecule has 2 aromatic rings. The number of rotatable bonds is 5. The third kappa shape index (κ3) is 3.37. The highest BCUT2D eigenvalue weighted by molar-refractivity contribution is 5.94. The van der Waals surface area contributed by atoms with Gasteiger partial charge >= 0.3 is 0 Å². The van der Waals surface area contributed by atoms with Gasteiger partial charge in [-0.1, -0.05) is 12.1 Å². The van der Waals surface area contributed by atoms with Gasteiger partial charge in [-0.2, -0.15) is 0 Å². The standard InChI is InChI=1S/C12H13N5O3/c1-8-2-3-9(12(19)20)6-10(8)14-11(18)4-5-17-7-13-15-16-17/h2-3,6-7H,4-5H2,1H3,(H,14,18)(H,19,20)/p-1. The number of nitrogens with one attached hydrogen (secondary N) is 1. The molecule has 1 aromatic heterocycles. The smallest absolute Gasteiger partial charge is 0.226 e. The largest absolute Gasteiger partial charge is 0.545 e. The van der Waals surface area contributed by atoms with Crippen molar-refractivity contribution in [2.45, 2.75) is 19.9 Å². The second-order valence-electron chi connectivity index (χ2n) is 4.19. The molecule has 0 spiro atoms. The van der Waals surface area contributed by atoms with Crippen molar-refractivity contribution in [3.8, 4) is 0 Å². The minimum Gasteiger partial charge on any atom is -0.545 e. The maximum absolute atomic E-state index is 11.8. The number of aryl methyl sites for hydroxylation is 2. The summed E-state index contributed by atoms with van der Waals surface area (Å²) in [6, 6.07) is 4.42. The summed E-state index contributed by atoms with van der Waals surface area (Å²) in [6.45, 7) is 2.12. The Hall–Kier alpha value is -2.77. The van der Waals surface area contributed by atoms with E-state index in [1.54, 1.807) is 13.0 Å². The van der Waals surface area contributed by atoms with E-state index in [0.717, 1.165) is 5.56 Å². The predicted octanol–water partition coefficient (Wildman–Crippen LogP) is -0.626. The van der Waals surface area contributed by atoms with Crippen molar-refractivity contribution < 1.29 is 14.7 Å². The number of tetrazole rings is 1. The number of amides is 1. The van der Waals surface area contributed by atoms with Crippen molar-refractivity contribution in [2.24, 2.45) is 0 Å². The molecule has 104 valence electrons. The molecule has 0 saturated heterocycles.